The Morgan fingerprint density at radius 3 is 2.54 bits per heavy atom. The second kappa shape index (κ2) is 8.12. The van der Waals surface area contributed by atoms with Gasteiger partial charge in [0.25, 0.3) is 0 Å². The number of carbonyl (C=O) groups excluding carboxylic acids is 1. The molecule has 1 atom stereocenters. The monoisotopic (exact) mass is 349 g/mol. The van der Waals surface area contributed by atoms with Crippen LogP contribution in [0.2, 0.25) is 0 Å². The minimum atomic E-state index is -1.82. The van der Waals surface area contributed by atoms with Crippen LogP contribution in [0.15, 0.2) is 35.9 Å². The van der Waals surface area contributed by atoms with Gasteiger partial charge in [-0.2, -0.15) is 0 Å². The first-order chi connectivity index (χ1) is 11.4. The molecule has 0 aliphatic carbocycles. The van der Waals surface area contributed by atoms with Crippen LogP contribution < -0.4 is 0 Å². The average Bonchev–Trinajstić information content (AvgIpc) is 2.89. The van der Waals surface area contributed by atoms with Gasteiger partial charge < -0.3 is 10.2 Å². The summed E-state index contributed by atoms with van der Waals surface area (Å²) in [6.45, 7) is 5.21. The summed E-state index contributed by atoms with van der Waals surface area (Å²) in [4.78, 5) is 32.0. The van der Waals surface area contributed by atoms with Gasteiger partial charge in [0.1, 0.15) is 0 Å². The molecule has 0 amide bonds. The predicted octanol–water partition coefficient (Wildman–Crippen LogP) is 1.92. The first-order valence-electron chi connectivity index (χ1n) is 7.51. The van der Waals surface area contributed by atoms with Crippen molar-refractivity contribution < 1.29 is 24.6 Å². The van der Waals surface area contributed by atoms with Crippen molar-refractivity contribution in [2.24, 2.45) is 0 Å². The number of thioether (sulfide) groups is 1. The third-order valence-electron chi connectivity index (χ3n) is 3.93. The molecule has 0 spiro atoms. The van der Waals surface area contributed by atoms with E-state index in [4.69, 9.17) is 19.8 Å². The zero-order valence-electron chi connectivity index (χ0n) is 13.3. The van der Waals surface area contributed by atoms with E-state index in [1.165, 1.54) is 28.5 Å². The molecule has 24 heavy (non-hydrogen) atoms. The van der Waals surface area contributed by atoms with Gasteiger partial charge in [0, 0.05) is 24.9 Å². The van der Waals surface area contributed by atoms with Crippen LogP contribution in [0.3, 0.4) is 0 Å². The molecule has 0 saturated carbocycles. The van der Waals surface area contributed by atoms with Crippen molar-refractivity contribution in [3.05, 3.63) is 47.0 Å². The zero-order chi connectivity index (χ0) is 17.7. The molecule has 0 radical (unpaired) electrons. The minimum absolute atomic E-state index is 0.243. The summed E-state index contributed by atoms with van der Waals surface area (Å²) in [7, 11) is 0. The van der Waals surface area contributed by atoms with Gasteiger partial charge in [0.15, 0.2) is 0 Å². The first kappa shape index (κ1) is 18.2. The Labute approximate surface area is 144 Å². The number of carboxylic acids is 2. The maximum Gasteiger partial charge on any atom is 0.414 e. The van der Waals surface area contributed by atoms with Crippen LogP contribution in [-0.2, 0) is 20.9 Å². The van der Waals surface area contributed by atoms with E-state index in [-0.39, 0.29) is 5.12 Å². The number of hydrogen-bond donors (Lipinski definition) is 2. The Balaban J connectivity index is 0.000000301. The van der Waals surface area contributed by atoms with Crippen LogP contribution in [0.5, 0.6) is 0 Å². The molecule has 1 unspecified atom stereocenters. The highest BCUT2D eigenvalue weighted by Gasteiger charge is 2.30. The van der Waals surface area contributed by atoms with Gasteiger partial charge in [0.05, 0.1) is 0 Å². The smallest absolute Gasteiger partial charge is 0.414 e. The topological polar surface area (TPSA) is 94.9 Å². The molecular weight excluding hydrogens is 330 g/mol. The summed E-state index contributed by atoms with van der Waals surface area (Å²) in [6.07, 6.45) is 2.95. The number of piperidine rings is 1. The third-order valence-corrected chi connectivity index (χ3v) is 5.10. The molecule has 0 aromatic heterocycles. The van der Waals surface area contributed by atoms with Gasteiger partial charge in [-0.15, -0.1) is 0 Å². The number of aliphatic carboxylic acids is 2. The van der Waals surface area contributed by atoms with Crippen LogP contribution in [-0.4, -0.2) is 50.5 Å². The number of rotatable bonds is 2. The van der Waals surface area contributed by atoms with Crippen LogP contribution in [0.1, 0.15) is 17.5 Å². The molecule has 2 N–H and O–H groups in total. The molecule has 128 valence electrons. The van der Waals surface area contributed by atoms with E-state index in [2.05, 4.69) is 36.1 Å². The summed E-state index contributed by atoms with van der Waals surface area (Å²) in [5, 5.41) is 15.5. The fourth-order valence-corrected chi connectivity index (χ4v) is 3.70. The van der Waals surface area contributed by atoms with Crippen molar-refractivity contribution in [3.63, 3.8) is 0 Å². The number of aryl methyl sites for hydroxylation is 1. The third kappa shape index (κ3) is 4.94. The molecule has 2 aliphatic rings. The number of carbonyl (C=O) groups is 3. The zero-order valence-corrected chi connectivity index (χ0v) is 14.1. The van der Waals surface area contributed by atoms with Crippen molar-refractivity contribution >= 4 is 28.8 Å². The second-order valence-corrected chi connectivity index (χ2v) is 6.89. The maximum atomic E-state index is 11.4. The summed E-state index contributed by atoms with van der Waals surface area (Å²) in [6, 6.07) is 8.55. The fourth-order valence-electron chi connectivity index (χ4n) is 2.69. The maximum absolute atomic E-state index is 11.4. The highest BCUT2D eigenvalue weighted by Crippen LogP contribution is 2.34. The molecule has 7 heteroatoms. The highest BCUT2D eigenvalue weighted by molar-refractivity contribution is 8.15. The quantitative estimate of drug-likeness (QED) is 0.788. The molecule has 1 aromatic rings. The van der Waals surface area contributed by atoms with Crippen molar-refractivity contribution in [2.75, 3.05) is 13.1 Å². The Kier molecular flexibility index (Phi) is 6.16. The van der Waals surface area contributed by atoms with Gasteiger partial charge in [-0.05, 0) is 36.1 Å². The van der Waals surface area contributed by atoms with Crippen LogP contribution in [0, 0.1) is 6.92 Å². The summed E-state index contributed by atoms with van der Waals surface area (Å²) < 4.78 is 0. The lowest BCUT2D eigenvalue weighted by atomic mass is 10.0. The van der Waals surface area contributed by atoms with E-state index in [1.807, 2.05) is 6.08 Å². The van der Waals surface area contributed by atoms with Gasteiger partial charge in [-0.25, -0.2) is 9.59 Å². The summed E-state index contributed by atoms with van der Waals surface area (Å²) >= 11 is 1.50. The minimum Gasteiger partial charge on any atom is -0.473 e. The normalized spacial score (nSPS) is 19.8. The van der Waals surface area contributed by atoms with E-state index < -0.39 is 11.9 Å². The number of benzene rings is 1. The lowest BCUT2D eigenvalue weighted by Gasteiger charge is -2.31. The Morgan fingerprint density at radius 1 is 1.25 bits per heavy atom. The van der Waals surface area contributed by atoms with Crippen molar-refractivity contribution in [1.82, 2.24) is 4.90 Å². The Bertz CT molecular complexity index is 673. The number of nitrogens with zero attached hydrogens (tertiary/aromatic N) is 1. The van der Waals surface area contributed by atoms with Crippen LogP contribution in [0.4, 0.5) is 0 Å². The van der Waals surface area contributed by atoms with Crippen LogP contribution >= 0.6 is 11.8 Å². The number of fused-ring (bicyclic) bond motifs is 1. The van der Waals surface area contributed by atoms with Gasteiger partial charge >= 0.3 is 11.9 Å². The molecule has 2 heterocycles. The molecule has 3 rings (SSSR count). The fraction of sp³-hybridized carbons (Fsp3) is 0.353. The van der Waals surface area contributed by atoms with E-state index in [9.17, 15) is 4.79 Å². The predicted molar refractivity (Wildman–Crippen MR) is 90.8 cm³/mol. The van der Waals surface area contributed by atoms with Gasteiger partial charge in [-0.1, -0.05) is 36.0 Å². The molecule has 1 aromatic carbocycles. The van der Waals surface area contributed by atoms with Gasteiger partial charge in [-0.3, -0.25) is 9.69 Å². The van der Waals surface area contributed by atoms with Crippen molar-refractivity contribution in [2.45, 2.75) is 25.1 Å². The summed E-state index contributed by atoms with van der Waals surface area (Å²) in [5.74, 6) is -3.65. The SMILES string of the molecule is Cc1ccccc1CN1CCC2SC(=O)C=C2C1.O=C(O)C(=O)O. The lowest BCUT2D eigenvalue weighted by Crippen LogP contribution is -2.35. The highest BCUT2D eigenvalue weighted by atomic mass is 32.2. The van der Waals surface area contributed by atoms with Gasteiger partial charge in [0.2, 0.25) is 5.12 Å². The largest absolute Gasteiger partial charge is 0.473 e. The molecule has 2 aliphatic heterocycles. The van der Waals surface area contributed by atoms with Crippen LogP contribution in [0.25, 0.3) is 0 Å². The number of carboxylic acid groups (broad SMARTS) is 2. The van der Waals surface area contributed by atoms with E-state index >= 15 is 0 Å². The second-order valence-electron chi connectivity index (χ2n) is 5.68. The lowest BCUT2D eigenvalue weighted by molar-refractivity contribution is -0.159. The average molecular weight is 349 g/mol. The Morgan fingerprint density at radius 2 is 1.92 bits per heavy atom. The van der Waals surface area contributed by atoms with Crippen molar-refractivity contribution in [1.29, 1.82) is 0 Å². The van der Waals surface area contributed by atoms with E-state index in [0.717, 1.165) is 26.1 Å². The number of hydrogen-bond acceptors (Lipinski definition) is 5. The number of likely N-dealkylation sites (tertiary alicyclic amines) is 1. The Hall–Kier alpha value is -2.12. The standard InChI is InChI=1S/C15H17NOS.C2H2O4/c1-11-4-2-3-5-12(11)9-16-7-6-14-13(10-16)8-15(17)18-14;3-1(4)2(5)6/h2-5,8,14H,6-7,9-10H2,1H3;(H,3,4)(H,5,6). The molecular formula is C17H19NO5S. The molecule has 0 bridgehead atoms. The summed E-state index contributed by atoms with van der Waals surface area (Å²) in [5.41, 5.74) is 4.07. The molecule has 6 nitrogen and oxygen atoms in total. The van der Waals surface area contributed by atoms with E-state index in [0.29, 0.717) is 5.25 Å². The molecule has 1 fully saturated rings. The molecule has 1 saturated heterocycles. The van der Waals surface area contributed by atoms with Crippen molar-refractivity contribution in [3.8, 4) is 0 Å². The first-order valence-corrected chi connectivity index (χ1v) is 8.39. The van der Waals surface area contributed by atoms with E-state index in [1.54, 1.807) is 0 Å².